The van der Waals surface area contributed by atoms with E-state index >= 15 is 0 Å². The zero-order valence-corrected chi connectivity index (χ0v) is 11.8. The van der Waals surface area contributed by atoms with Gasteiger partial charge in [-0.25, -0.2) is 5.32 Å². The molecule has 0 saturated heterocycles. The Kier molecular flexibility index (Phi) is 8.42. The first-order valence-corrected chi connectivity index (χ1v) is 7.09. The van der Waals surface area contributed by atoms with Crippen LogP contribution in [0, 0.1) is 22.9 Å². The van der Waals surface area contributed by atoms with Gasteiger partial charge in [0.15, 0.2) is 12.4 Å². The van der Waals surface area contributed by atoms with Crippen LogP contribution in [0.1, 0.15) is 13.8 Å². The van der Waals surface area contributed by atoms with Crippen molar-refractivity contribution in [3.05, 3.63) is 12.4 Å². The van der Waals surface area contributed by atoms with Crippen molar-refractivity contribution in [3.63, 3.8) is 0 Å². The van der Waals surface area contributed by atoms with Crippen molar-refractivity contribution in [1.82, 2.24) is 15.1 Å². The SMILES string of the molecule is CCS(=O)CCN1C=CN(C)C1C.N#CNC#N. The van der Waals surface area contributed by atoms with E-state index in [-0.39, 0.29) is 0 Å². The minimum Gasteiger partial charge on any atom is -0.359 e. The number of hydrogen-bond acceptors (Lipinski definition) is 6. The molecule has 1 aliphatic heterocycles. The van der Waals surface area contributed by atoms with E-state index in [2.05, 4.69) is 36.2 Å². The third kappa shape index (κ3) is 6.12. The molecular weight excluding hydrogens is 250 g/mol. The van der Waals surface area contributed by atoms with Gasteiger partial charge in [0, 0.05) is 48.3 Å². The summed E-state index contributed by atoms with van der Waals surface area (Å²) < 4.78 is 11.2. The second-order valence-electron chi connectivity index (χ2n) is 3.61. The summed E-state index contributed by atoms with van der Waals surface area (Å²) in [5.41, 5.74) is 0. The van der Waals surface area contributed by atoms with Crippen LogP contribution in [0.5, 0.6) is 0 Å². The van der Waals surface area contributed by atoms with Gasteiger partial charge in [-0.15, -0.1) is 0 Å². The second kappa shape index (κ2) is 9.32. The van der Waals surface area contributed by atoms with E-state index in [9.17, 15) is 4.21 Å². The number of nitriles is 2. The molecule has 7 heteroatoms. The highest BCUT2D eigenvalue weighted by molar-refractivity contribution is 7.84. The molecule has 6 nitrogen and oxygen atoms in total. The molecule has 2 atom stereocenters. The van der Waals surface area contributed by atoms with Crippen molar-refractivity contribution in [3.8, 4) is 12.4 Å². The lowest BCUT2D eigenvalue weighted by molar-refractivity contribution is 0.203. The van der Waals surface area contributed by atoms with E-state index < -0.39 is 10.8 Å². The Labute approximate surface area is 111 Å². The molecule has 0 bridgehead atoms. The smallest absolute Gasteiger partial charge is 0.190 e. The first-order chi connectivity index (χ1) is 8.56. The Hall–Kier alpha value is -1.73. The molecule has 1 rings (SSSR count). The first-order valence-electron chi connectivity index (χ1n) is 5.61. The van der Waals surface area contributed by atoms with Gasteiger partial charge in [-0.1, -0.05) is 6.92 Å². The molecular formula is C11H19N5OS. The van der Waals surface area contributed by atoms with Crippen molar-refractivity contribution in [2.45, 2.75) is 20.0 Å². The molecule has 0 aromatic carbocycles. The van der Waals surface area contributed by atoms with E-state index in [0.29, 0.717) is 6.17 Å². The van der Waals surface area contributed by atoms with Crippen LogP contribution in [0.4, 0.5) is 0 Å². The number of nitrogens with one attached hydrogen (secondary N) is 1. The molecule has 0 aromatic heterocycles. The van der Waals surface area contributed by atoms with Crippen molar-refractivity contribution in [2.75, 3.05) is 25.1 Å². The molecule has 2 unspecified atom stereocenters. The Morgan fingerprint density at radius 1 is 1.39 bits per heavy atom. The monoisotopic (exact) mass is 269 g/mol. The predicted octanol–water partition coefficient (Wildman–Crippen LogP) is 0.358. The van der Waals surface area contributed by atoms with Crippen molar-refractivity contribution in [2.24, 2.45) is 0 Å². The van der Waals surface area contributed by atoms with Crippen LogP contribution in [0.3, 0.4) is 0 Å². The molecule has 0 aliphatic carbocycles. The summed E-state index contributed by atoms with van der Waals surface area (Å²) in [5.74, 6) is 1.54. The Balaban J connectivity index is 0.000000494. The maximum Gasteiger partial charge on any atom is 0.190 e. The Bertz CT molecular complexity index is 359. The molecule has 0 fully saturated rings. The molecule has 0 amide bonds. The lowest BCUT2D eigenvalue weighted by Crippen LogP contribution is -2.35. The van der Waals surface area contributed by atoms with Gasteiger partial charge in [-0.2, -0.15) is 10.5 Å². The van der Waals surface area contributed by atoms with Crippen LogP contribution < -0.4 is 5.32 Å². The molecule has 1 heterocycles. The molecule has 0 saturated carbocycles. The fourth-order valence-corrected chi connectivity index (χ4v) is 2.01. The molecule has 1 aliphatic rings. The summed E-state index contributed by atoms with van der Waals surface area (Å²) in [6, 6.07) is 0. The predicted molar refractivity (Wildman–Crippen MR) is 71.0 cm³/mol. The Morgan fingerprint density at radius 3 is 2.33 bits per heavy atom. The average Bonchev–Trinajstić information content (AvgIpc) is 2.69. The van der Waals surface area contributed by atoms with Crippen molar-refractivity contribution in [1.29, 1.82) is 10.5 Å². The highest BCUT2D eigenvalue weighted by Crippen LogP contribution is 2.12. The number of rotatable bonds is 4. The highest BCUT2D eigenvalue weighted by Gasteiger charge is 2.17. The molecule has 18 heavy (non-hydrogen) atoms. The molecule has 0 aromatic rings. The molecule has 1 N–H and O–H groups in total. The molecule has 0 radical (unpaired) electrons. The van der Waals surface area contributed by atoms with Gasteiger partial charge in [-0.05, 0) is 6.92 Å². The standard InChI is InChI=1S/C9H18N2OS.C2HN3/c1-4-13(12)8-7-11-6-5-10(3)9(11)2;3-1-5-2-4/h5-6,9H,4,7-8H2,1-3H3;5H. The van der Waals surface area contributed by atoms with E-state index in [0.717, 1.165) is 18.1 Å². The van der Waals surface area contributed by atoms with E-state index in [1.165, 1.54) is 12.4 Å². The van der Waals surface area contributed by atoms with Gasteiger partial charge in [-0.3, -0.25) is 4.21 Å². The molecule has 100 valence electrons. The largest absolute Gasteiger partial charge is 0.359 e. The summed E-state index contributed by atoms with van der Waals surface area (Å²) in [5, 5.41) is 16.7. The number of hydrogen-bond donors (Lipinski definition) is 1. The second-order valence-corrected chi connectivity index (χ2v) is 5.48. The van der Waals surface area contributed by atoms with Gasteiger partial charge in [0.25, 0.3) is 0 Å². The van der Waals surface area contributed by atoms with Crippen LogP contribution in [0.2, 0.25) is 0 Å². The normalized spacial score (nSPS) is 18.4. The number of nitrogens with zero attached hydrogens (tertiary/aromatic N) is 4. The third-order valence-electron chi connectivity index (χ3n) is 2.57. The summed E-state index contributed by atoms with van der Waals surface area (Å²) in [4.78, 5) is 4.36. The van der Waals surface area contributed by atoms with Crippen LogP contribution in [0.15, 0.2) is 12.4 Å². The maximum atomic E-state index is 11.2. The summed E-state index contributed by atoms with van der Waals surface area (Å²) >= 11 is 0. The van der Waals surface area contributed by atoms with Gasteiger partial charge < -0.3 is 9.80 Å². The van der Waals surface area contributed by atoms with Crippen LogP contribution in [0.25, 0.3) is 0 Å². The Morgan fingerprint density at radius 2 is 2.00 bits per heavy atom. The first kappa shape index (κ1) is 16.3. The minimum absolute atomic E-state index is 0.411. The van der Waals surface area contributed by atoms with Gasteiger partial charge in [0.05, 0.1) is 6.17 Å². The zero-order valence-electron chi connectivity index (χ0n) is 11.0. The van der Waals surface area contributed by atoms with Crippen molar-refractivity contribution < 1.29 is 4.21 Å². The summed E-state index contributed by atoms with van der Waals surface area (Å²) in [7, 11) is 1.41. The van der Waals surface area contributed by atoms with Gasteiger partial charge in [0.1, 0.15) is 0 Å². The average molecular weight is 269 g/mol. The lowest BCUT2D eigenvalue weighted by Gasteiger charge is -2.26. The summed E-state index contributed by atoms with van der Waals surface area (Å²) in [6.07, 6.45) is 7.35. The fourth-order valence-electron chi connectivity index (χ4n) is 1.31. The molecule has 0 spiro atoms. The minimum atomic E-state index is -0.643. The third-order valence-corrected chi connectivity index (χ3v) is 3.86. The van der Waals surface area contributed by atoms with Crippen LogP contribution in [-0.2, 0) is 10.8 Å². The quantitative estimate of drug-likeness (QED) is 0.586. The topological polar surface area (TPSA) is 83.2 Å². The van der Waals surface area contributed by atoms with E-state index in [4.69, 9.17) is 10.5 Å². The zero-order chi connectivity index (χ0) is 14.0. The van der Waals surface area contributed by atoms with Crippen LogP contribution in [-0.4, -0.2) is 45.3 Å². The van der Waals surface area contributed by atoms with Gasteiger partial charge in [0.2, 0.25) is 0 Å². The fraction of sp³-hybridized carbons (Fsp3) is 0.636. The van der Waals surface area contributed by atoms with Crippen LogP contribution >= 0.6 is 0 Å². The van der Waals surface area contributed by atoms with Crippen molar-refractivity contribution >= 4 is 10.8 Å². The van der Waals surface area contributed by atoms with Gasteiger partial charge >= 0.3 is 0 Å². The highest BCUT2D eigenvalue weighted by atomic mass is 32.2. The van der Waals surface area contributed by atoms with E-state index in [1.807, 2.05) is 6.92 Å². The maximum absolute atomic E-state index is 11.2. The van der Waals surface area contributed by atoms with E-state index in [1.54, 1.807) is 5.32 Å². The summed E-state index contributed by atoms with van der Waals surface area (Å²) in [6.45, 7) is 5.00. The lowest BCUT2D eigenvalue weighted by atomic mass is 10.5.